The molecule has 0 radical (unpaired) electrons. The van der Waals surface area contributed by atoms with Gasteiger partial charge in [0.1, 0.15) is 11.5 Å². The minimum Gasteiger partial charge on any atom is -0.481 e. The molecule has 0 bridgehead atoms. The molecule has 2 heterocycles. The van der Waals surface area contributed by atoms with Gasteiger partial charge in [-0.2, -0.15) is 0 Å². The molecule has 0 spiro atoms. The molecule has 0 unspecified atom stereocenters. The number of nitrogens with one attached hydrogen (secondary N) is 2. The van der Waals surface area contributed by atoms with E-state index < -0.39 is 35.9 Å². The van der Waals surface area contributed by atoms with Crippen molar-refractivity contribution in [2.24, 2.45) is 11.8 Å². The number of benzene rings is 2. The van der Waals surface area contributed by atoms with Gasteiger partial charge in [0.05, 0.1) is 12.1 Å². The van der Waals surface area contributed by atoms with Crippen molar-refractivity contribution >= 4 is 23.5 Å². The summed E-state index contributed by atoms with van der Waals surface area (Å²) in [5.74, 6) is -2.99. The molecule has 1 saturated heterocycles. The van der Waals surface area contributed by atoms with Gasteiger partial charge in [-0.3, -0.25) is 14.7 Å². The molecule has 1 aliphatic rings. The van der Waals surface area contributed by atoms with Crippen LogP contribution in [0.2, 0.25) is 5.02 Å². The van der Waals surface area contributed by atoms with Gasteiger partial charge in [0.2, 0.25) is 0 Å². The van der Waals surface area contributed by atoms with Gasteiger partial charge in [0, 0.05) is 42.2 Å². The second kappa shape index (κ2) is 11.8. The number of aromatic nitrogens is 3. The average Bonchev–Trinajstić information content (AvgIpc) is 3.37. The predicted octanol–water partition coefficient (Wildman–Crippen LogP) is 1.94. The van der Waals surface area contributed by atoms with Crippen molar-refractivity contribution in [1.82, 2.24) is 25.6 Å². The first kappa shape index (κ1) is 26.7. The molecule has 1 aromatic heterocycles. The summed E-state index contributed by atoms with van der Waals surface area (Å²) in [6.07, 6.45) is 0.303. The molecule has 5 N–H and O–H groups in total. The van der Waals surface area contributed by atoms with E-state index in [2.05, 4.69) is 20.7 Å². The second-order valence-corrected chi connectivity index (χ2v) is 9.67. The Balaban J connectivity index is 1.48. The van der Waals surface area contributed by atoms with E-state index in [9.17, 15) is 29.3 Å². The normalized spacial score (nSPS) is 15.8. The third-order valence-electron chi connectivity index (χ3n) is 6.47. The summed E-state index contributed by atoms with van der Waals surface area (Å²) in [6.45, 7) is 0.989. The number of carboxylic acid groups (broad SMARTS) is 1. The number of aliphatic carboxylic acids is 1. The fourth-order valence-corrected chi connectivity index (χ4v) is 4.62. The quantitative estimate of drug-likeness (QED) is 0.235. The zero-order valence-electron chi connectivity index (χ0n) is 19.7. The van der Waals surface area contributed by atoms with Gasteiger partial charge < -0.3 is 25.5 Å². The summed E-state index contributed by atoms with van der Waals surface area (Å²) in [5, 5.41) is 41.3. The van der Waals surface area contributed by atoms with Crippen LogP contribution in [0.4, 0.5) is 4.39 Å². The standard InChI is InChI=1S/C25H27ClFN5O5/c26-18-5-6-21(27)20(9-18)15-3-1-14(2-4-15)7-19(29-23(33)22-10-28-31-30-22)8-16(24(34)35)11-32-12-17(13-32)25(36)37/h1-6,9-10,16-17,19,25,36-37H,7-8,11-13H2,(H,29,33)(H,34,35)(H,28,30,31)/t16-,19+/m0/s1. The summed E-state index contributed by atoms with van der Waals surface area (Å²) >= 11 is 6.01. The Morgan fingerprint density at radius 3 is 2.54 bits per heavy atom. The summed E-state index contributed by atoms with van der Waals surface area (Å²) in [6, 6.07) is 10.9. The fourth-order valence-electron chi connectivity index (χ4n) is 4.44. The Bertz CT molecular complexity index is 1220. The van der Waals surface area contributed by atoms with Gasteiger partial charge in [0.15, 0.2) is 6.29 Å². The van der Waals surface area contributed by atoms with Crippen LogP contribution >= 0.6 is 11.6 Å². The number of carbonyl (C=O) groups is 2. The number of halogens is 2. The van der Waals surface area contributed by atoms with Crippen LogP contribution in [0.3, 0.4) is 0 Å². The van der Waals surface area contributed by atoms with E-state index in [0.717, 1.165) is 5.56 Å². The number of H-pyrrole nitrogens is 1. The number of hydrogen-bond donors (Lipinski definition) is 5. The van der Waals surface area contributed by atoms with Gasteiger partial charge in [0.25, 0.3) is 5.91 Å². The molecule has 0 saturated carbocycles. The number of carboxylic acids is 1. The summed E-state index contributed by atoms with van der Waals surface area (Å²) in [4.78, 5) is 26.6. The fraction of sp³-hybridized carbons (Fsp3) is 0.360. The molecule has 2 atom stereocenters. The number of aromatic amines is 1. The van der Waals surface area contributed by atoms with E-state index in [1.807, 2.05) is 4.90 Å². The SMILES string of the molecule is O=C(N[C@H](Cc1ccc(-c2cc(Cl)ccc2F)cc1)C[C@@H](CN1CC(C(O)O)C1)C(=O)O)c1cnn[nH]1. The van der Waals surface area contributed by atoms with Gasteiger partial charge in [-0.25, -0.2) is 4.39 Å². The summed E-state index contributed by atoms with van der Waals surface area (Å²) < 4.78 is 14.3. The van der Waals surface area contributed by atoms with E-state index in [1.54, 1.807) is 30.3 Å². The highest BCUT2D eigenvalue weighted by atomic mass is 35.5. The number of hydrogen-bond acceptors (Lipinski definition) is 7. The molecule has 0 aliphatic carbocycles. The van der Waals surface area contributed by atoms with Crippen molar-refractivity contribution < 1.29 is 29.3 Å². The highest BCUT2D eigenvalue weighted by Crippen LogP contribution is 2.27. The van der Waals surface area contributed by atoms with E-state index in [0.29, 0.717) is 35.7 Å². The lowest BCUT2D eigenvalue weighted by atomic mass is 9.91. The molecule has 10 nitrogen and oxygen atoms in total. The van der Waals surface area contributed by atoms with Crippen molar-refractivity contribution in [2.45, 2.75) is 25.2 Å². The number of carbonyl (C=O) groups excluding carboxylic acids is 1. The number of aliphatic hydroxyl groups excluding tert-OH is 1. The first-order valence-electron chi connectivity index (χ1n) is 11.7. The van der Waals surface area contributed by atoms with Crippen molar-refractivity contribution in [2.75, 3.05) is 19.6 Å². The Kier molecular flexibility index (Phi) is 8.49. The maximum absolute atomic E-state index is 14.3. The molecule has 2 aromatic carbocycles. The van der Waals surface area contributed by atoms with Crippen molar-refractivity contribution in [3.63, 3.8) is 0 Å². The second-order valence-electron chi connectivity index (χ2n) is 9.23. The molecule has 12 heteroatoms. The highest BCUT2D eigenvalue weighted by Gasteiger charge is 2.35. The zero-order valence-corrected chi connectivity index (χ0v) is 20.5. The van der Waals surface area contributed by atoms with E-state index in [1.165, 1.54) is 18.3 Å². The molecular formula is C25H27ClFN5O5. The van der Waals surface area contributed by atoms with Crippen LogP contribution in [0.15, 0.2) is 48.7 Å². The van der Waals surface area contributed by atoms with E-state index in [-0.39, 0.29) is 24.6 Å². The molecule has 196 valence electrons. The molecule has 1 fully saturated rings. The number of amides is 1. The first-order valence-corrected chi connectivity index (χ1v) is 12.1. The predicted molar refractivity (Wildman–Crippen MR) is 132 cm³/mol. The lowest BCUT2D eigenvalue weighted by Gasteiger charge is -2.41. The Hall–Kier alpha value is -3.38. The van der Waals surface area contributed by atoms with Gasteiger partial charge in [-0.1, -0.05) is 41.1 Å². The van der Waals surface area contributed by atoms with Crippen LogP contribution in [0.25, 0.3) is 11.1 Å². The number of rotatable bonds is 11. The summed E-state index contributed by atoms with van der Waals surface area (Å²) in [5.41, 5.74) is 1.96. The number of likely N-dealkylation sites (tertiary alicyclic amines) is 1. The molecule has 1 aliphatic heterocycles. The van der Waals surface area contributed by atoms with E-state index >= 15 is 0 Å². The third-order valence-corrected chi connectivity index (χ3v) is 6.71. The lowest BCUT2D eigenvalue weighted by molar-refractivity contribution is -0.148. The highest BCUT2D eigenvalue weighted by molar-refractivity contribution is 6.30. The summed E-state index contributed by atoms with van der Waals surface area (Å²) in [7, 11) is 0. The molecule has 3 aromatic rings. The van der Waals surface area contributed by atoms with Crippen molar-refractivity contribution in [1.29, 1.82) is 0 Å². The monoisotopic (exact) mass is 531 g/mol. The molecule has 4 rings (SSSR count). The van der Waals surface area contributed by atoms with Crippen LogP contribution in [-0.4, -0.2) is 79.5 Å². The van der Waals surface area contributed by atoms with Crippen molar-refractivity contribution in [3.8, 4) is 11.1 Å². The maximum Gasteiger partial charge on any atom is 0.307 e. The molecule has 37 heavy (non-hydrogen) atoms. The third kappa shape index (κ3) is 6.89. The van der Waals surface area contributed by atoms with Crippen LogP contribution in [-0.2, 0) is 11.2 Å². The lowest BCUT2D eigenvalue weighted by Crippen LogP contribution is -2.54. The van der Waals surface area contributed by atoms with Gasteiger partial charge in [-0.15, -0.1) is 5.10 Å². The first-order chi connectivity index (χ1) is 17.7. The van der Waals surface area contributed by atoms with Crippen molar-refractivity contribution in [3.05, 3.63) is 70.8 Å². The van der Waals surface area contributed by atoms with Crippen LogP contribution in [0, 0.1) is 17.7 Å². The minimum atomic E-state index is -1.43. The molecule has 1 amide bonds. The molecular weight excluding hydrogens is 505 g/mol. The minimum absolute atomic E-state index is 0.135. The smallest absolute Gasteiger partial charge is 0.307 e. The van der Waals surface area contributed by atoms with Crippen LogP contribution < -0.4 is 5.32 Å². The van der Waals surface area contributed by atoms with Gasteiger partial charge in [-0.05, 0) is 42.2 Å². The van der Waals surface area contributed by atoms with Crippen LogP contribution in [0.5, 0.6) is 0 Å². The van der Waals surface area contributed by atoms with E-state index in [4.69, 9.17) is 11.6 Å². The maximum atomic E-state index is 14.3. The number of aliphatic hydroxyl groups is 2. The largest absolute Gasteiger partial charge is 0.481 e. The topological polar surface area (TPSA) is 152 Å². The number of nitrogens with zero attached hydrogens (tertiary/aromatic N) is 3. The Labute approximate surface area is 217 Å². The Morgan fingerprint density at radius 1 is 1.19 bits per heavy atom. The average molecular weight is 532 g/mol. The van der Waals surface area contributed by atoms with Crippen LogP contribution in [0.1, 0.15) is 22.5 Å². The zero-order chi connectivity index (χ0) is 26.5. The Morgan fingerprint density at radius 2 is 1.92 bits per heavy atom. The van der Waals surface area contributed by atoms with Gasteiger partial charge >= 0.3 is 5.97 Å².